The first-order valence-corrected chi connectivity index (χ1v) is 12.2. The maximum atomic E-state index is 13.6. The van der Waals surface area contributed by atoms with E-state index in [1.807, 2.05) is 30.3 Å². The molecule has 1 aliphatic carbocycles. The highest BCUT2D eigenvalue weighted by atomic mass is 19.1. The predicted octanol–water partition coefficient (Wildman–Crippen LogP) is 5.04. The highest BCUT2D eigenvalue weighted by Gasteiger charge is 2.32. The van der Waals surface area contributed by atoms with Gasteiger partial charge in [0.1, 0.15) is 23.4 Å². The molecular weight excluding hydrogens is 462 g/mol. The van der Waals surface area contributed by atoms with Crippen LogP contribution in [0.5, 0.6) is 5.75 Å². The Bertz CT molecular complexity index is 1130. The van der Waals surface area contributed by atoms with Crippen molar-refractivity contribution in [2.75, 3.05) is 6.61 Å². The lowest BCUT2D eigenvalue weighted by atomic mass is 10.0. The van der Waals surface area contributed by atoms with Crippen LogP contribution in [0.3, 0.4) is 0 Å². The number of nitrogens with zero attached hydrogens (tertiary/aromatic N) is 1. The van der Waals surface area contributed by atoms with E-state index in [1.54, 1.807) is 12.1 Å². The van der Waals surface area contributed by atoms with Crippen molar-refractivity contribution in [2.45, 2.75) is 50.7 Å². The number of hydrogen-bond acceptors (Lipinski definition) is 3. The normalized spacial score (nSPS) is 14.3. The SMILES string of the molecule is O=C(NC1CCCC1)C(Cc1ccccc1)N(Cc1ccc(F)cc1)C(=O)COc1ccc(F)cc1. The van der Waals surface area contributed by atoms with Crippen LogP contribution in [0.2, 0.25) is 0 Å². The van der Waals surface area contributed by atoms with E-state index in [-0.39, 0.29) is 30.9 Å². The fourth-order valence-electron chi connectivity index (χ4n) is 4.47. The highest BCUT2D eigenvalue weighted by Crippen LogP contribution is 2.20. The van der Waals surface area contributed by atoms with E-state index in [9.17, 15) is 18.4 Å². The molecule has 0 bridgehead atoms. The lowest BCUT2D eigenvalue weighted by Gasteiger charge is -2.32. The molecule has 1 saturated carbocycles. The number of amides is 2. The molecule has 0 aliphatic heterocycles. The van der Waals surface area contributed by atoms with Gasteiger partial charge in [0.2, 0.25) is 5.91 Å². The van der Waals surface area contributed by atoms with Crippen molar-refractivity contribution < 1.29 is 23.1 Å². The fourth-order valence-corrected chi connectivity index (χ4v) is 4.47. The van der Waals surface area contributed by atoms with Gasteiger partial charge in [-0.1, -0.05) is 55.3 Å². The van der Waals surface area contributed by atoms with E-state index in [0.717, 1.165) is 31.2 Å². The van der Waals surface area contributed by atoms with Gasteiger partial charge >= 0.3 is 0 Å². The molecule has 0 spiro atoms. The minimum Gasteiger partial charge on any atom is -0.484 e. The summed E-state index contributed by atoms with van der Waals surface area (Å²) in [6.45, 7) is -0.212. The van der Waals surface area contributed by atoms with Crippen LogP contribution in [0.15, 0.2) is 78.9 Å². The number of nitrogens with one attached hydrogen (secondary N) is 1. The van der Waals surface area contributed by atoms with Crippen molar-refractivity contribution in [2.24, 2.45) is 0 Å². The lowest BCUT2D eigenvalue weighted by Crippen LogP contribution is -2.53. The average Bonchev–Trinajstić information content (AvgIpc) is 3.40. The summed E-state index contributed by atoms with van der Waals surface area (Å²) in [6, 6.07) is 20.1. The van der Waals surface area contributed by atoms with Crippen molar-refractivity contribution in [3.63, 3.8) is 0 Å². The first-order valence-electron chi connectivity index (χ1n) is 12.2. The molecule has 1 aliphatic rings. The molecule has 1 unspecified atom stereocenters. The third-order valence-corrected chi connectivity index (χ3v) is 6.41. The van der Waals surface area contributed by atoms with Gasteiger partial charge in [-0.15, -0.1) is 0 Å². The van der Waals surface area contributed by atoms with Gasteiger partial charge in [0, 0.05) is 19.0 Å². The third-order valence-electron chi connectivity index (χ3n) is 6.41. The maximum Gasteiger partial charge on any atom is 0.261 e. The van der Waals surface area contributed by atoms with E-state index in [1.165, 1.54) is 41.3 Å². The molecule has 7 heteroatoms. The monoisotopic (exact) mass is 492 g/mol. The highest BCUT2D eigenvalue weighted by molar-refractivity contribution is 5.88. The van der Waals surface area contributed by atoms with E-state index < -0.39 is 17.8 Å². The summed E-state index contributed by atoms with van der Waals surface area (Å²) in [5.74, 6) is -1.05. The Balaban J connectivity index is 1.59. The van der Waals surface area contributed by atoms with Crippen LogP contribution in [0.1, 0.15) is 36.8 Å². The second kappa shape index (κ2) is 12.3. The maximum absolute atomic E-state index is 13.6. The van der Waals surface area contributed by atoms with Crippen LogP contribution >= 0.6 is 0 Å². The van der Waals surface area contributed by atoms with E-state index >= 15 is 0 Å². The quantitative estimate of drug-likeness (QED) is 0.431. The zero-order chi connectivity index (χ0) is 25.3. The molecule has 3 aromatic carbocycles. The lowest BCUT2D eigenvalue weighted by molar-refractivity contribution is -0.143. The molecule has 36 heavy (non-hydrogen) atoms. The Hall–Kier alpha value is -3.74. The summed E-state index contributed by atoms with van der Waals surface area (Å²) in [6.07, 6.45) is 4.30. The summed E-state index contributed by atoms with van der Waals surface area (Å²) < 4.78 is 32.4. The largest absolute Gasteiger partial charge is 0.484 e. The molecule has 1 fully saturated rings. The van der Waals surface area contributed by atoms with Gasteiger partial charge in [-0.2, -0.15) is 0 Å². The zero-order valence-corrected chi connectivity index (χ0v) is 20.0. The van der Waals surface area contributed by atoms with Crippen LogP contribution in [0.4, 0.5) is 8.78 Å². The summed E-state index contributed by atoms with van der Waals surface area (Å²) in [4.78, 5) is 28.6. The van der Waals surface area contributed by atoms with Gasteiger partial charge in [0.25, 0.3) is 5.91 Å². The van der Waals surface area contributed by atoms with Crippen LogP contribution in [0, 0.1) is 11.6 Å². The van der Waals surface area contributed by atoms with Crippen molar-refractivity contribution in [1.29, 1.82) is 0 Å². The van der Waals surface area contributed by atoms with E-state index in [0.29, 0.717) is 17.7 Å². The number of halogens is 2. The van der Waals surface area contributed by atoms with Crippen molar-refractivity contribution in [3.05, 3.63) is 102 Å². The minimum atomic E-state index is -0.789. The fraction of sp³-hybridized carbons (Fsp3) is 0.310. The smallest absolute Gasteiger partial charge is 0.261 e. The van der Waals surface area contributed by atoms with Crippen LogP contribution in [-0.2, 0) is 22.6 Å². The van der Waals surface area contributed by atoms with Crippen molar-refractivity contribution in [1.82, 2.24) is 10.2 Å². The molecule has 1 atom stereocenters. The van der Waals surface area contributed by atoms with Gasteiger partial charge in [-0.05, 0) is 60.4 Å². The molecule has 0 aromatic heterocycles. The van der Waals surface area contributed by atoms with Crippen LogP contribution in [-0.4, -0.2) is 35.4 Å². The summed E-state index contributed by atoms with van der Waals surface area (Å²) in [5.41, 5.74) is 1.61. The number of ether oxygens (including phenoxy) is 1. The van der Waals surface area contributed by atoms with E-state index in [2.05, 4.69) is 5.32 Å². The molecule has 3 aromatic rings. The second-order valence-corrected chi connectivity index (χ2v) is 9.09. The van der Waals surface area contributed by atoms with Gasteiger partial charge < -0.3 is 15.0 Å². The van der Waals surface area contributed by atoms with Crippen molar-refractivity contribution in [3.8, 4) is 5.75 Å². The molecule has 1 N–H and O–H groups in total. The number of benzene rings is 3. The Morgan fingerprint density at radius 1 is 0.861 bits per heavy atom. The molecule has 188 valence electrons. The number of carbonyl (C=O) groups is 2. The summed E-state index contributed by atoms with van der Waals surface area (Å²) >= 11 is 0. The number of carbonyl (C=O) groups excluding carboxylic acids is 2. The van der Waals surface area contributed by atoms with Gasteiger partial charge in [-0.25, -0.2) is 8.78 Å². The Morgan fingerprint density at radius 2 is 1.47 bits per heavy atom. The second-order valence-electron chi connectivity index (χ2n) is 9.09. The Morgan fingerprint density at radius 3 is 2.11 bits per heavy atom. The third kappa shape index (κ3) is 7.13. The topological polar surface area (TPSA) is 58.6 Å². The molecule has 0 radical (unpaired) electrons. The molecule has 0 saturated heterocycles. The zero-order valence-electron chi connectivity index (χ0n) is 20.0. The summed E-state index contributed by atoms with van der Waals surface area (Å²) in [7, 11) is 0. The number of rotatable bonds is 10. The predicted molar refractivity (Wildman–Crippen MR) is 133 cm³/mol. The minimum absolute atomic E-state index is 0.0917. The first-order chi connectivity index (χ1) is 17.5. The first kappa shape index (κ1) is 25.4. The van der Waals surface area contributed by atoms with Crippen LogP contribution in [0.25, 0.3) is 0 Å². The average molecular weight is 493 g/mol. The van der Waals surface area contributed by atoms with Gasteiger partial charge in [0.05, 0.1) is 0 Å². The molecule has 5 nitrogen and oxygen atoms in total. The molecular formula is C29H30F2N2O3. The van der Waals surface area contributed by atoms with Gasteiger partial charge in [0.15, 0.2) is 6.61 Å². The standard InChI is InChI=1S/C29H30F2N2O3/c30-23-12-10-22(11-13-23)19-33(28(34)20-36-26-16-14-24(31)15-17-26)27(18-21-6-2-1-3-7-21)29(35)32-25-8-4-5-9-25/h1-3,6-7,10-17,25,27H,4-5,8-9,18-20H2,(H,32,35). The Kier molecular flexibility index (Phi) is 8.66. The van der Waals surface area contributed by atoms with E-state index in [4.69, 9.17) is 4.74 Å². The summed E-state index contributed by atoms with van der Waals surface area (Å²) in [5, 5.41) is 3.13. The van der Waals surface area contributed by atoms with Crippen LogP contribution < -0.4 is 10.1 Å². The molecule has 0 heterocycles. The van der Waals surface area contributed by atoms with Gasteiger partial charge in [-0.3, -0.25) is 9.59 Å². The molecule has 4 rings (SSSR count). The Labute approximate surface area is 210 Å². The number of hydrogen-bond donors (Lipinski definition) is 1. The molecule has 2 amide bonds. The van der Waals surface area contributed by atoms with Crippen molar-refractivity contribution >= 4 is 11.8 Å².